The Morgan fingerprint density at radius 3 is 3.13 bits per heavy atom. The maximum atomic E-state index is 9.37. The van der Waals surface area contributed by atoms with Crippen LogP contribution >= 0.6 is 11.3 Å². The van der Waals surface area contributed by atoms with E-state index in [4.69, 9.17) is 0 Å². The lowest BCUT2D eigenvalue weighted by Crippen LogP contribution is -2.42. The molecule has 1 aliphatic heterocycles. The average Bonchev–Trinajstić information content (AvgIpc) is 2.71. The monoisotopic (exact) mass is 225 g/mol. The van der Waals surface area contributed by atoms with E-state index < -0.39 is 0 Å². The fourth-order valence-electron chi connectivity index (χ4n) is 2.31. The lowest BCUT2D eigenvalue weighted by molar-refractivity contribution is 0.0434. The zero-order valence-electron chi connectivity index (χ0n) is 9.28. The largest absolute Gasteiger partial charge is 0.396 e. The zero-order valence-corrected chi connectivity index (χ0v) is 10.1. The first-order valence-electron chi connectivity index (χ1n) is 5.57. The number of rotatable bonds is 3. The molecule has 1 atom stereocenters. The maximum absolute atomic E-state index is 9.37. The van der Waals surface area contributed by atoms with Gasteiger partial charge < -0.3 is 5.11 Å². The van der Waals surface area contributed by atoms with E-state index >= 15 is 0 Å². The van der Waals surface area contributed by atoms with Crippen LogP contribution in [0.3, 0.4) is 0 Å². The van der Waals surface area contributed by atoms with Crippen LogP contribution in [0, 0.1) is 5.41 Å². The summed E-state index contributed by atoms with van der Waals surface area (Å²) in [6, 6.07) is 4.30. The third kappa shape index (κ3) is 2.80. The normalized spacial score (nSPS) is 28.1. The van der Waals surface area contributed by atoms with Gasteiger partial charge in [-0.2, -0.15) is 0 Å². The molecule has 1 unspecified atom stereocenters. The summed E-state index contributed by atoms with van der Waals surface area (Å²) in [5, 5.41) is 11.5. The molecule has 3 heteroatoms. The van der Waals surface area contributed by atoms with Gasteiger partial charge in [-0.1, -0.05) is 13.0 Å². The van der Waals surface area contributed by atoms with Gasteiger partial charge in [-0.15, -0.1) is 11.3 Å². The number of hydrogen-bond acceptors (Lipinski definition) is 3. The van der Waals surface area contributed by atoms with Gasteiger partial charge in [0.15, 0.2) is 0 Å². The quantitative estimate of drug-likeness (QED) is 0.853. The highest BCUT2D eigenvalue weighted by atomic mass is 32.1. The minimum atomic E-state index is 0.121. The molecule has 0 saturated carbocycles. The third-order valence-electron chi connectivity index (χ3n) is 3.20. The summed E-state index contributed by atoms with van der Waals surface area (Å²) in [4.78, 5) is 3.89. The Labute approximate surface area is 95.5 Å². The zero-order chi connectivity index (χ0) is 10.7. The second-order valence-electron chi connectivity index (χ2n) is 4.86. The van der Waals surface area contributed by atoms with Gasteiger partial charge >= 0.3 is 0 Å². The smallest absolute Gasteiger partial charge is 0.0497 e. The number of likely N-dealkylation sites (tertiary alicyclic amines) is 1. The van der Waals surface area contributed by atoms with E-state index in [0.29, 0.717) is 6.61 Å². The Hall–Kier alpha value is -0.380. The van der Waals surface area contributed by atoms with Crippen LogP contribution in [-0.2, 0) is 6.54 Å². The van der Waals surface area contributed by atoms with Crippen LogP contribution < -0.4 is 0 Å². The van der Waals surface area contributed by atoms with Crippen molar-refractivity contribution >= 4 is 11.3 Å². The van der Waals surface area contributed by atoms with Crippen molar-refractivity contribution in [1.82, 2.24) is 4.90 Å². The summed E-state index contributed by atoms with van der Waals surface area (Å²) >= 11 is 1.82. The van der Waals surface area contributed by atoms with Crippen molar-refractivity contribution in [3.05, 3.63) is 22.4 Å². The van der Waals surface area contributed by atoms with E-state index in [0.717, 1.165) is 19.5 Å². The summed E-state index contributed by atoms with van der Waals surface area (Å²) in [5.74, 6) is 0. The van der Waals surface area contributed by atoms with E-state index in [2.05, 4.69) is 29.3 Å². The van der Waals surface area contributed by atoms with Gasteiger partial charge in [0, 0.05) is 30.0 Å². The van der Waals surface area contributed by atoms with E-state index in [1.54, 1.807) is 0 Å². The lowest BCUT2D eigenvalue weighted by atomic mass is 9.83. The van der Waals surface area contributed by atoms with Gasteiger partial charge in [-0.25, -0.2) is 0 Å². The van der Waals surface area contributed by atoms with Gasteiger partial charge in [0.1, 0.15) is 0 Å². The predicted octanol–water partition coefficient (Wildman–Crippen LogP) is 2.34. The fraction of sp³-hybridized carbons (Fsp3) is 0.667. The fourth-order valence-corrected chi connectivity index (χ4v) is 3.06. The van der Waals surface area contributed by atoms with Crippen molar-refractivity contribution in [2.45, 2.75) is 26.3 Å². The molecule has 84 valence electrons. The van der Waals surface area contributed by atoms with Crippen LogP contribution in [-0.4, -0.2) is 29.7 Å². The molecule has 15 heavy (non-hydrogen) atoms. The van der Waals surface area contributed by atoms with Gasteiger partial charge in [0.25, 0.3) is 0 Å². The molecular formula is C12H19NOS. The summed E-state index contributed by atoms with van der Waals surface area (Å²) in [5.41, 5.74) is 0.121. The molecule has 1 aromatic heterocycles. The Bertz CT molecular complexity index is 299. The van der Waals surface area contributed by atoms with Gasteiger partial charge in [0.05, 0.1) is 0 Å². The molecule has 1 fully saturated rings. The molecule has 2 nitrogen and oxygen atoms in total. The first kappa shape index (κ1) is 11.1. The number of piperidine rings is 1. The highest BCUT2D eigenvalue weighted by Gasteiger charge is 2.30. The first-order valence-corrected chi connectivity index (χ1v) is 6.45. The van der Waals surface area contributed by atoms with Crippen molar-refractivity contribution in [2.75, 3.05) is 19.7 Å². The molecule has 0 radical (unpaired) electrons. The Kier molecular flexibility index (Phi) is 3.44. The highest BCUT2D eigenvalue weighted by Crippen LogP contribution is 2.29. The highest BCUT2D eigenvalue weighted by molar-refractivity contribution is 7.09. The Morgan fingerprint density at radius 2 is 2.47 bits per heavy atom. The van der Waals surface area contributed by atoms with E-state index in [1.165, 1.54) is 17.8 Å². The molecule has 1 N–H and O–H groups in total. The first-order chi connectivity index (χ1) is 7.22. The van der Waals surface area contributed by atoms with E-state index in [-0.39, 0.29) is 5.41 Å². The minimum absolute atomic E-state index is 0.121. The maximum Gasteiger partial charge on any atom is 0.0497 e. The molecule has 0 amide bonds. The molecule has 0 aliphatic carbocycles. The minimum Gasteiger partial charge on any atom is -0.396 e. The summed E-state index contributed by atoms with van der Waals surface area (Å²) < 4.78 is 0. The molecule has 1 saturated heterocycles. The average molecular weight is 225 g/mol. The Morgan fingerprint density at radius 1 is 1.60 bits per heavy atom. The van der Waals surface area contributed by atoms with Crippen molar-refractivity contribution in [1.29, 1.82) is 0 Å². The Balaban J connectivity index is 1.93. The molecule has 1 aliphatic rings. The second-order valence-corrected chi connectivity index (χ2v) is 5.89. The SMILES string of the molecule is CC1(CO)CCCN(Cc2cccs2)C1. The number of hydrogen-bond donors (Lipinski definition) is 1. The standard InChI is InChI=1S/C12H19NOS/c1-12(10-14)5-3-6-13(9-12)8-11-4-2-7-15-11/h2,4,7,14H,3,5-6,8-10H2,1H3. The van der Waals surface area contributed by atoms with E-state index in [1.807, 2.05) is 11.3 Å². The van der Waals surface area contributed by atoms with Crippen molar-refractivity contribution in [3.63, 3.8) is 0 Å². The summed E-state index contributed by atoms with van der Waals surface area (Å²) in [7, 11) is 0. The molecule has 0 spiro atoms. The molecule has 2 heterocycles. The van der Waals surface area contributed by atoms with Crippen LogP contribution in [0.5, 0.6) is 0 Å². The van der Waals surface area contributed by atoms with Crippen LogP contribution in [0.1, 0.15) is 24.6 Å². The number of thiophene rings is 1. The van der Waals surface area contributed by atoms with Gasteiger partial charge in [-0.05, 0) is 30.8 Å². The van der Waals surface area contributed by atoms with Gasteiger partial charge in [0.2, 0.25) is 0 Å². The van der Waals surface area contributed by atoms with E-state index in [9.17, 15) is 5.11 Å². The number of nitrogens with zero attached hydrogens (tertiary/aromatic N) is 1. The lowest BCUT2D eigenvalue weighted by Gasteiger charge is -2.39. The summed E-state index contributed by atoms with van der Waals surface area (Å²) in [6.07, 6.45) is 2.37. The number of aliphatic hydroxyl groups is 1. The van der Waals surface area contributed by atoms with Crippen molar-refractivity contribution < 1.29 is 5.11 Å². The molecular weight excluding hydrogens is 206 g/mol. The molecule has 1 aromatic rings. The summed E-state index contributed by atoms with van der Waals surface area (Å²) in [6.45, 7) is 5.75. The third-order valence-corrected chi connectivity index (χ3v) is 4.06. The van der Waals surface area contributed by atoms with Gasteiger partial charge in [-0.3, -0.25) is 4.90 Å². The predicted molar refractivity (Wildman–Crippen MR) is 64.0 cm³/mol. The number of aliphatic hydroxyl groups excluding tert-OH is 1. The van der Waals surface area contributed by atoms with Crippen LogP contribution in [0.4, 0.5) is 0 Å². The van der Waals surface area contributed by atoms with Crippen molar-refractivity contribution in [2.24, 2.45) is 5.41 Å². The second kappa shape index (κ2) is 4.64. The topological polar surface area (TPSA) is 23.5 Å². The van der Waals surface area contributed by atoms with Crippen LogP contribution in [0.2, 0.25) is 0 Å². The molecule has 0 bridgehead atoms. The molecule has 0 aromatic carbocycles. The van der Waals surface area contributed by atoms with Crippen molar-refractivity contribution in [3.8, 4) is 0 Å². The molecule has 2 rings (SSSR count). The van der Waals surface area contributed by atoms with Crippen LogP contribution in [0.15, 0.2) is 17.5 Å². The van der Waals surface area contributed by atoms with Crippen LogP contribution in [0.25, 0.3) is 0 Å².